The van der Waals surface area contributed by atoms with Crippen LogP contribution in [-0.2, 0) is 19.2 Å². The van der Waals surface area contributed by atoms with Crippen molar-refractivity contribution in [2.24, 2.45) is 0 Å². The van der Waals surface area contributed by atoms with Gasteiger partial charge in [-0.1, -0.05) is 27.2 Å². The second kappa shape index (κ2) is 14.1. The molecule has 4 nitrogen and oxygen atoms in total. The molecule has 0 aromatic rings. The fraction of sp³-hybridized carbons (Fsp3) is 0.750. The molecule has 0 rings (SSSR count). The van der Waals surface area contributed by atoms with Gasteiger partial charge in [-0.15, -0.1) is 0 Å². The average molecular weight is 284 g/mol. The van der Waals surface area contributed by atoms with Crippen molar-refractivity contribution in [2.45, 2.75) is 79.1 Å². The van der Waals surface area contributed by atoms with E-state index in [1.807, 2.05) is 13.8 Å². The fourth-order valence-corrected chi connectivity index (χ4v) is 1.45. The topological polar surface area (TPSA) is 68.3 Å². The van der Waals surface area contributed by atoms with Crippen LogP contribution in [0.4, 0.5) is 0 Å². The van der Waals surface area contributed by atoms with E-state index in [4.69, 9.17) is 0 Å². The van der Waals surface area contributed by atoms with Gasteiger partial charge in [0.1, 0.15) is 23.1 Å². The number of unbranched alkanes of at least 4 members (excludes halogenated alkanes) is 1. The second-order valence-corrected chi connectivity index (χ2v) is 4.88. The zero-order valence-electron chi connectivity index (χ0n) is 13.3. The predicted octanol–water partition coefficient (Wildman–Crippen LogP) is 3.45. The van der Waals surface area contributed by atoms with Crippen LogP contribution in [0.3, 0.4) is 0 Å². The lowest BCUT2D eigenvalue weighted by atomic mass is 10.1. The lowest BCUT2D eigenvalue weighted by Crippen LogP contribution is -2.05. The van der Waals surface area contributed by atoms with Crippen LogP contribution >= 0.6 is 0 Å². The molecule has 0 aromatic carbocycles. The molecule has 0 N–H and O–H groups in total. The largest absolute Gasteiger partial charge is 0.300 e. The Balaban J connectivity index is 0. The summed E-state index contributed by atoms with van der Waals surface area (Å²) < 4.78 is 0. The zero-order valence-corrected chi connectivity index (χ0v) is 13.3. The SMILES string of the molecule is CCCC(=O)CC(=O)CC.CCCCC(=O)CC(C)=O. The molecule has 0 aliphatic rings. The van der Waals surface area contributed by atoms with Crippen LogP contribution in [0.2, 0.25) is 0 Å². The summed E-state index contributed by atoms with van der Waals surface area (Å²) in [4.78, 5) is 42.7. The van der Waals surface area contributed by atoms with Crippen molar-refractivity contribution in [1.82, 2.24) is 0 Å². The van der Waals surface area contributed by atoms with E-state index in [-0.39, 0.29) is 36.0 Å². The Morgan fingerprint density at radius 1 is 0.700 bits per heavy atom. The Morgan fingerprint density at radius 2 is 1.25 bits per heavy atom. The number of carbonyl (C=O) groups is 4. The van der Waals surface area contributed by atoms with Gasteiger partial charge in [0.2, 0.25) is 0 Å². The molecule has 0 bridgehead atoms. The Morgan fingerprint density at radius 3 is 1.65 bits per heavy atom. The second-order valence-electron chi connectivity index (χ2n) is 4.88. The van der Waals surface area contributed by atoms with Crippen LogP contribution in [0.15, 0.2) is 0 Å². The van der Waals surface area contributed by atoms with Crippen molar-refractivity contribution in [3.8, 4) is 0 Å². The van der Waals surface area contributed by atoms with Gasteiger partial charge in [0.05, 0.1) is 12.8 Å². The van der Waals surface area contributed by atoms with Gasteiger partial charge in [-0.05, 0) is 19.8 Å². The van der Waals surface area contributed by atoms with Crippen LogP contribution in [0.5, 0.6) is 0 Å². The highest BCUT2D eigenvalue weighted by Crippen LogP contribution is 1.98. The van der Waals surface area contributed by atoms with E-state index in [2.05, 4.69) is 0 Å². The molecule has 0 saturated carbocycles. The molecule has 0 fully saturated rings. The summed E-state index contributed by atoms with van der Waals surface area (Å²) >= 11 is 0. The van der Waals surface area contributed by atoms with E-state index in [9.17, 15) is 19.2 Å². The minimum Gasteiger partial charge on any atom is -0.300 e. The zero-order chi connectivity index (χ0) is 16.0. The monoisotopic (exact) mass is 284 g/mol. The van der Waals surface area contributed by atoms with Crippen molar-refractivity contribution >= 4 is 23.1 Å². The van der Waals surface area contributed by atoms with Gasteiger partial charge < -0.3 is 0 Å². The van der Waals surface area contributed by atoms with Crippen LogP contribution < -0.4 is 0 Å². The molecule has 0 unspecified atom stereocenters. The molecule has 0 radical (unpaired) electrons. The van der Waals surface area contributed by atoms with E-state index in [1.165, 1.54) is 6.92 Å². The molecular formula is C16H28O4. The minimum atomic E-state index is -0.0268. The maximum Gasteiger partial charge on any atom is 0.140 e. The summed E-state index contributed by atoms with van der Waals surface area (Å²) in [5.41, 5.74) is 0. The molecule has 0 aliphatic heterocycles. The van der Waals surface area contributed by atoms with Crippen LogP contribution in [-0.4, -0.2) is 23.1 Å². The first-order valence-electron chi connectivity index (χ1n) is 7.41. The van der Waals surface area contributed by atoms with Gasteiger partial charge >= 0.3 is 0 Å². The Bertz CT molecular complexity index is 316. The van der Waals surface area contributed by atoms with Crippen molar-refractivity contribution in [1.29, 1.82) is 0 Å². The van der Waals surface area contributed by atoms with Crippen LogP contribution in [0, 0.1) is 0 Å². The molecule has 4 heteroatoms. The van der Waals surface area contributed by atoms with E-state index < -0.39 is 0 Å². The van der Waals surface area contributed by atoms with Crippen molar-refractivity contribution in [2.75, 3.05) is 0 Å². The van der Waals surface area contributed by atoms with Gasteiger partial charge in [0, 0.05) is 19.3 Å². The maximum absolute atomic E-state index is 10.8. The summed E-state index contributed by atoms with van der Waals surface area (Å²) in [7, 11) is 0. The molecule has 0 spiro atoms. The van der Waals surface area contributed by atoms with Gasteiger partial charge in [-0.2, -0.15) is 0 Å². The van der Waals surface area contributed by atoms with E-state index in [0.29, 0.717) is 19.3 Å². The standard InChI is InChI=1S/2C8H14O2/c1-3-4-5-8(10)6-7(2)9;1-3-5-8(10)6-7(9)4-2/h2*3-6H2,1-2H3. The average Bonchev–Trinajstić information content (AvgIpc) is 2.36. The maximum atomic E-state index is 10.8. The van der Waals surface area contributed by atoms with Crippen molar-refractivity contribution in [3.63, 3.8) is 0 Å². The first-order chi connectivity index (χ1) is 9.37. The lowest BCUT2D eigenvalue weighted by Gasteiger charge is -1.94. The number of hydrogen-bond donors (Lipinski definition) is 0. The highest BCUT2D eigenvalue weighted by atomic mass is 16.2. The Hall–Kier alpha value is -1.32. The summed E-state index contributed by atoms with van der Waals surface area (Å²) in [5, 5.41) is 0. The molecule has 20 heavy (non-hydrogen) atoms. The number of ketones is 4. The molecule has 0 aromatic heterocycles. The highest BCUT2D eigenvalue weighted by Gasteiger charge is 2.05. The minimum absolute atomic E-state index is 0.0268. The normalized spacial score (nSPS) is 9.40. The summed E-state index contributed by atoms with van der Waals surface area (Å²) in [6.07, 6.45) is 4.63. The molecule has 0 aliphatic carbocycles. The lowest BCUT2D eigenvalue weighted by molar-refractivity contribution is -0.128. The molecule has 0 atom stereocenters. The molecule has 0 amide bonds. The molecule has 0 heterocycles. The number of carbonyl (C=O) groups excluding carboxylic acids is 4. The summed E-state index contributed by atoms with van der Waals surface area (Å²) in [6, 6.07) is 0. The predicted molar refractivity (Wildman–Crippen MR) is 79.7 cm³/mol. The van der Waals surface area contributed by atoms with Crippen LogP contribution in [0.25, 0.3) is 0 Å². The summed E-state index contributed by atoms with van der Waals surface area (Å²) in [6.45, 7) is 7.20. The summed E-state index contributed by atoms with van der Waals surface area (Å²) in [5.74, 6) is 0.184. The fourth-order valence-electron chi connectivity index (χ4n) is 1.45. The third-order valence-corrected chi connectivity index (χ3v) is 2.57. The highest BCUT2D eigenvalue weighted by molar-refractivity contribution is 5.99. The first kappa shape index (κ1) is 21.0. The van der Waals surface area contributed by atoms with Crippen molar-refractivity contribution < 1.29 is 19.2 Å². The Kier molecular flexibility index (Phi) is 14.8. The third kappa shape index (κ3) is 16.7. The quantitative estimate of drug-likeness (QED) is 0.576. The number of rotatable bonds is 10. The molecule has 116 valence electrons. The number of Topliss-reactive ketones (excluding diaryl/α,β-unsaturated/α-hetero) is 4. The van der Waals surface area contributed by atoms with Gasteiger partial charge in [0.25, 0.3) is 0 Å². The molecule has 0 saturated heterocycles. The van der Waals surface area contributed by atoms with Crippen LogP contribution in [0.1, 0.15) is 79.1 Å². The Labute approximate surface area is 122 Å². The van der Waals surface area contributed by atoms with E-state index >= 15 is 0 Å². The third-order valence-electron chi connectivity index (χ3n) is 2.57. The van der Waals surface area contributed by atoms with Gasteiger partial charge in [0.15, 0.2) is 0 Å². The van der Waals surface area contributed by atoms with Crippen molar-refractivity contribution in [3.05, 3.63) is 0 Å². The number of hydrogen-bond acceptors (Lipinski definition) is 4. The van der Waals surface area contributed by atoms with Gasteiger partial charge in [-0.25, -0.2) is 0 Å². The van der Waals surface area contributed by atoms with E-state index in [1.54, 1.807) is 6.92 Å². The van der Waals surface area contributed by atoms with E-state index in [0.717, 1.165) is 19.3 Å². The smallest absolute Gasteiger partial charge is 0.140 e. The first-order valence-corrected chi connectivity index (χ1v) is 7.41. The molecular weight excluding hydrogens is 256 g/mol. The van der Waals surface area contributed by atoms with Gasteiger partial charge in [-0.3, -0.25) is 19.2 Å².